The largest absolute Gasteiger partial charge is 0.622 e. The summed E-state index contributed by atoms with van der Waals surface area (Å²) in [4.78, 5) is 0.895. The van der Waals surface area contributed by atoms with Crippen molar-refractivity contribution in [3.05, 3.63) is 63.5 Å². The van der Waals surface area contributed by atoms with E-state index in [0.717, 1.165) is 20.2 Å². The second-order valence-electron chi connectivity index (χ2n) is 5.06. The molecule has 20 heavy (non-hydrogen) atoms. The van der Waals surface area contributed by atoms with E-state index in [-0.39, 0.29) is 6.04 Å². The van der Waals surface area contributed by atoms with Gasteiger partial charge in [0.15, 0.2) is 0 Å². The first kappa shape index (κ1) is 13.3. The van der Waals surface area contributed by atoms with Crippen molar-refractivity contribution in [2.75, 3.05) is 0 Å². The van der Waals surface area contributed by atoms with Gasteiger partial charge in [0.1, 0.15) is 6.04 Å². The Balaban J connectivity index is 2.18. The van der Waals surface area contributed by atoms with E-state index in [1.165, 1.54) is 11.3 Å². The van der Waals surface area contributed by atoms with Gasteiger partial charge in [-0.3, -0.25) is 0 Å². The summed E-state index contributed by atoms with van der Waals surface area (Å²) < 4.78 is 0.929. The molecule has 0 saturated heterocycles. The molecule has 0 unspecified atom stereocenters. The molecule has 1 N–H and O–H groups in total. The van der Waals surface area contributed by atoms with Crippen molar-refractivity contribution in [1.29, 1.82) is 0 Å². The highest BCUT2D eigenvalue weighted by atomic mass is 32.1. The van der Waals surface area contributed by atoms with Crippen LogP contribution in [0.4, 0.5) is 0 Å². The van der Waals surface area contributed by atoms with Crippen LogP contribution < -0.4 is 0 Å². The fourth-order valence-corrected chi connectivity index (χ4v) is 3.56. The fourth-order valence-electron chi connectivity index (χ4n) is 2.72. The molecule has 0 aliphatic carbocycles. The zero-order chi connectivity index (χ0) is 14.3. The van der Waals surface area contributed by atoms with Gasteiger partial charge in [0.25, 0.3) is 5.66 Å². The molecule has 5 heteroatoms. The van der Waals surface area contributed by atoms with E-state index >= 15 is 0 Å². The van der Waals surface area contributed by atoms with Gasteiger partial charge < -0.3 is 10.4 Å². The standard InChI is InChI=1S/C15H16N2O2S/c1-11-14(13-9-6-10-20-13)17(19)15(2,16(11)18)12-7-4-3-5-8-12/h3-11,18H,1-2H3/t11-,15-/m0/s1. The molecule has 1 aromatic heterocycles. The van der Waals surface area contributed by atoms with E-state index in [2.05, 4.69) is 0 Å². The first-order chi connectivity index (χ1) is 9.56. The average Bonchev–Trinajstić information content (AvgIpc) is 3.05. The summed E-state index contributed by atoms with van der Waals surface area (Å²) in [6, 6.07) is 12.8. The minimum atomic E-state index is -1.10. The van der Waals surface area contributed by atoms with Crippen LogP contribution in [0.2, 0.25) is 0 Å². The number of hydroxylamine groups is 3. The first-order valence-corrected chi connectivity index (χ1v) is 7.36. The van der Waals surface area contributed by atoms with Crippen LogP contribution in [0.1, 0.15) is 24.3 Å². The predicted octanol–water partition coefficient (Wildman–Crippen LogP) is 3.01. The molecule has 2 atom stereocenters. The lowest BCUT2D eigenvalue weighted by molar-refractivity contribution is -0.595. The normalized spacial score (nSPS) is 27.2. The molecular weight excluding hydrogens is 272 g/mol. The van der Waals surface area contributed by atoms with Crippen LogP contribution in [0, 0.1) is 5.21 Å². The highest BCUT2D eigenvalue weighted by Gasteiger charge is 2.54. The van der Waals surface area contributed by atoms with Crippen molar-refractivity contribution in [2.24, 2.45) is 0 Å². The molecule has 1 aromatic carbocycles. The topological polar surface area (TPSA) is 49.5 Å². The average molecular weight is 288 g/mol. The third-order valence-electron chi connectivity index (χ3n) is 3.92. The minimum absolute atomic E-state index is 0.351. The van der Waals surface area contributed by atoms with Gasteiger partial charge in [-0.25, -0.2) is 0 Å². The lowest BCUT2D eigenvalue weighted by Gasteiger charge is -2.29. The van der Waals surface area contributed by atoms with Crippen LogP contribution in [0.5, 0.6) is 0 Å². The van der Waals surface area contributed by atoms with Gasteiger partial charge in [-0.2, -0.15) is 4.74 Å². The Kier molecular flexibility index (Phi) is 3.12. The molecule has 4 nitrogen and oxygen atoms in total. The zero-order valence-corrected chi connectivity index (χ0v) is 12.2. The van der Waals surface area contributed by atoms with E-state index < -0.39 is 5.66 Å². The molecule has 1 aliphatic heterocycles. The van der Waals surface area contributed by atoms with Crippen molar-refractivity contribution in [1.82, 2.24) is 5.06 Å². The van der Waals surface area contributed by atoms with Crippen LogP contribution in [0.25, 0.3) is 0 Å². The molecule has 104 valence electrons. The summed E-state index contributed by atoms with van der Waals surface area (Å²) in [5.41, 5.74) is 0.282. The molecule has 0 amide bonds. The number of rotatable bonds is 2. The first-order valence-electron chi connectivity index (χ1n) is 6.48. The Hall–Kier alpha value is -1.69. The maximum absolute atomic E-state index is 12.8. The van der Waals surface area contributed by atoms with E-state index in [0.29, 0.717) is 5.71 Å². The molecule has 3 rings (SSSR count). The number of thiophene rings is 1. The van der Waals surface area contributed by atoms with Crippen molar-refractivity contribution >= 4 is 17.0 Å². The van der Waals surface area contributed by atoms with Gasteiger partial charge in [-0.1, -0.05) is 36.4 Å². The van der Waals surface area contributed by atoms with E-state index in [1.54, 1.807) is 6.92 Å². The van der Waals surface area contributed by atoms with Crippen molar-refractivity contribution in [2.45, 2.75) is 25.6 Å². The van der Waals surface area contributed by atoms with Crippen molar-refractivity contribution in [3.8, 4) is 0 Å². The second kappa shape index (κ2) is 4.70. The Morgan fingerprint density at radius 2 is 1.95 bits per heavy atom. The van der Waals surface area contributed by atoms with Gasteiger partial charge >= 0.3 is 0 Å². The van der Waals surface area contributed by atoms with E-state index in [1.807, 2.05) is 54.8 Å². The SMILES string of the molecule is C[C@H]1C(c2cccs2)=[N+]([O-])[C@@](C)(c2ccccc2)N1O. The molecule has 2 heterocycles. The predicted molar refractivity (Wildman–Crippen MR) is 78.9 cm³/mol. The highest BCUT2D eigenvalue weighted by molar-refractivity contribution is 7.12. The quantitative estimate of drug-likeness (QED) is 0.682. The van der Waals surface area contributed by atoms with Gasteiger partial charge in [0.05, 0.1) is 4.88 Å². The summed E-state index contributed by atoms with van der Waals surface area (Å²) >= 11 is 1.51. The molecule has 2 aromatic rings. The Bertz CT molecular complexity index is 639. The van der Waals surface area contributed by atoms with E-state index in [4.69, 9.17) is 0 Å². The number of nitrogens with zero attached hydrogens (tertiary/aromatic N) is 2. The molecular formula is C15H16N2O2S. The minimum Gasteiger partial charge on any atom is -0.622 e. The zero-order valence-electron chi connectivity index (χ0n) is 11.4. The molecule has 1 aliphatic rings. The summed E-state index contributed by atoms with van der Waals surface area (Å²) in [6.45, 7) is 3.58. The highest BCUT2D eigenvalue weighted by Crippen LogP contribution is 2.36. The molecule has 0 radical (unpaired) electrons. The number of hydrogen-bond donors (Lipinski definition) is 1. The lowest BCUT2D eigenvalue weighted by Crippen LogP contribution is -2.45. The van der Waals surface area contributed by atoms with Crippen molar-refractivity contribution in [3.63, 3.8) is 0 Å². The van der Waals surface area contributed by atoms with Gasteiger partial charge in [-0.05, 0) is 18.4 Å². The van der Waals surface area contributed by atoms with Gasteiger partial charge in [0, 0.05) is 12.5 Å². The molecule has 0 bridgehead atoms. The fraction of sp³-hybridized carbons (Fsp3) is 0.267. The van der Waals surface area contributed by atoms with Crippen LogP contribution >= 0.6 is 11.3 Å². The second-order valence-corrected chi connectivity index (χ2v) is 6.01. The monoisotopic (exact) mass is 288 g/mol. The van der Waals surface area contributed by atoms with E-state index in [9.17, 15) is 10.4 Å². The summed E-state index contributed by atoms with van der Waals surface area (Å²) in [5.74, 6) is 0. The lowest BCUT2D eigenvalue weighted by atomic mass is 10.0. The van der Waals surface area contributed by atoms with Crippen LogP contribution in [0.3, 0.4) is 0 Å². The summed E-state index contributed by atoms with van der Waals surface area (Å²) in [7, 11) is 0. The third-order valence-corrected chi connectivity index (χ3v) is 4.81. The Labute approximate surface area is 121 Å². The maximum atomic E-state index is 12.8. The van der Waals surface area contributed by atoms with Gasteiger partial charge in [0.2, 0.25) is 5.71 Å². The molecule has 0 spiro atoms. The van der Waals surface area contributed by atoms with Crippen LogP contribution in [-0.4, -0.2) is 26.8 Å². The van der Waals surface area contributed by atoms with Crippen LogP contribution in [0.15, 0.2) is 47.8 Å². The summed E-state index contributed by atoms with van der Waals surface area (Å²) in [5, 5.41) is 26.4. The maximum Gasteiger partial charge on any atom is 0.274 e. The van der Waals surface area contributed by atoms with Crippen molar-refractivity contribution < 1.29 is 9.95 Å². The third kappa shape index (κ3) is 1.71. The Morgan fingerprint density at radius 3 is 2.55 bits per heavy atom. The smallest absolute Gasteiger partial charge is 0.274 e. The van der Waals surface area contributed by atoms with Gasteiger partial charge in [-0.15, -0.1) is 16.4 Å². The number of benzene rings is 1. The number of hydrogen-bond acceptors (Lipinski definition) is 4. The molecule has 0 fully saturated rings. The molecule has 0 saturated carbocycles. The van der Waals surface area contributed by atoms with Crippen LogP contribution in [-0.2, 0) is 5.66 Å². The summed E-state index contributed by atoms with van der Waals surface area (Å²) in [6.07, 6.45) is 0. The Morgan fingerprint density at radius 1 is 1.25 bits per heavy atom.